The van der Waals surface area contributed by atoms with Crippen LogP contribution in [0.2, 0.25) is 0 Å². The van der Waals surface area contributed by atoms with Crippen LogP contribution in [0.25, 0.3) is 10.4 Å². The molecule has 1 aliphatic carbocycles. The molecular weight excluding hydrogens is 524 g/mol. The van der Waals surface area contributed by atoms with Crippen LogP contribution in [0.4, 0.5) is 0 Å². The lowest BCUT2D eigenvalue weighted by Crippen LogP contribution is -2.46. The molecule has 1 aromatic carbocycles. The lowest BCUT2D eigenvalue weighted by atomic mass is 9.93. The number of fused-ring (bicyclic) bond motifs is 1. The normalized spacial score (nSPS) is 23.4. The van der Waals surface area contributed by atoms with Gasteiger partial charge in [0.25, 0.3) is 11.8 Å². The Bertz CT molecular complexity index is 1280. The van der Waals surface area contributed by atoms with Gasteiger partial charge in [-0.2, -0.15) is 0 Å². The Morgan fingerprint density at radius 3 is 2.80 bits per heavy atom. The Kier molecular flexibility index (Phi) is 6.77. The number of hydrogen-bond donors (Lipinski definition) is 1. The summed E-state index contributed by atoms with van der Waals surface area (Å²) in [4.78, 5) is 38.5. The van der Waals surface area contributed by atoms with Crippen LogP contribution >= 0.6 is 27.3 Å². The summed E-state index contributed by atoms with van der Waals surface area (Å²) in [5, 5.41) is 3.96. The Morgan fingerprint density at radius 1 is 1.20 bits per heavy atom. The fourth-order valence-electron chi connectivity index (χ4n) is 5.77. The number of nitrogens with zero attached hydrogens (tertiary/aromatic N) is 3. The summed E-state index contributed by atoms with van der Waals surface area (Å²) in [6.07, 6.45) is 5.41. The van der Waals surface area contributed by atoms with Gasteiger partial charge in [-0.05, 0) is 72.0 Å². The third kappa shape index (κ3) is 4.91. The molecule has 2 aliphatic rings. The predicted molar refractivity (Wildman–Crippen MR) is 141 cm³/mol. The van der Waals surface area contributed by atoms with Gasteiger partial charge in [0.2, 0.25) is 0 Å². The highest BCUT2D eigenvalue weighted by molar-refractivity contribution is 9.10. The number of carbonyl (C=O) groups is 2. The number of rotatable bonds is 5. The molecule has 5 rings (SSSR count). The molecule has 3 aromatic rings. The quantitative estimate of drug-likeness (QED) is 0.453. The van der Waals surface area contributed by atoms with Gasteiger partial charge >= 0.3 is 0 Å². The summed E-state index contributed by atoms with van der Waals surface area (Å²) >= 11 is 4.94. The molecule has 4 atom stereocenters. The molecule has 2 amide bonds. The second-order valence-corrected chi connectivity index (χ2v) is 12.0. The van der Waals surface area contributed by atoms with Crippen LogP contribution in [0.15, 0.2) is 47.2 Å². The van der Waals surface area contributed by atoms with E-state index in [1.54, 1.807) is 29.8 Å². The van der Waals surface area contributed by atoms with E-state index < -0.39 is 0 Å². The first-order valence-electron chi connectivity index (χ1n) is 12.0. The second-order valence-electron chi connectivity index (χ2n) is 9.91. The van der Waals surface area contributed by atoms with Crippen LogP contribution in [0.5, 0.6) is 0 Å². The van der Waals surface area contributed by atoms with E-state index in [1.165, 1.54) is 0 Å². The van der Waals surface area contributed by atoms with Gasteiger partial charge in [0, 0.05) is 30.0 Å². The zero-order chi connectivity index (χ0) is 24.7. The van der Waals surface area contributed by atoms with Crippen LogP contribution in [-0.2, 0) is 0 Å². The summed E-state index contributed by atoms with van der Waals surface area (Å²) < 4.78 is 0.759. The number of thiazole rings is 1. The zero-order valence-corrected chi connectivity index (χ0v) is 22.5. The third-order valence-electron chi connectivity index (χ3n) is 7.23. The van der Waals surface area contributed by atoms with E-state index in [0.29, 0.717) is 35.6 Å². The van der Waals surface area contributed by atoms with Crippen molar-refractivity contribution < 1.29 is 9.59 Å². The Labute approximate surface area is 218 Å². The fourth-order valence-corrected chi connectivity index (χ4v) is 7.04. The van der Waals surface area contributed by atoms with E-state index in [4.69, 9.17) is 0 Å². The summed E-state index contributed by atoms with van der Waals surface area (Å²) in [5.74, 6) is 1.28. The molecule has 1 saturated heterocycles. The van der Waals surface area contributed by atoms with E-state index in [-0.39, 0.29) is 17.9 Å². The predicted octanol–water partition coefficient (Wildman–Crippen LogP) is 5.50. The van der Waals surface area contributed by atoms with Crippen LogP contribution in [0, 0.1) is 31.6 Å². The van der Waals surface area contributed by atoms with Crippen molar-refractivity contribution in [3.05, 3.63) is 69.0 Å². The van der Waals surface area contributed by atoms with Crippen LogP contribution in [0.1, 0.15) is 51.2 Å². The van der Waals surface area contributed by atoms with Gasteiger partial charge in [-0.1, -0.05) is 36.8 Å². The van der Waals surface area contributed by atoms with Crippen molar-refractivity contribution in [1.82, 2.24) is 20.2 Å². The maximum absolute atomic E-state index is 14.0. The number of amides is 2. The number of nitrogens with one attached hydrogen (secondary N) is 1. The van der Waals surface area contributed by atoms with Gasteiger partial charge in [0.1, 0.15) is 5.69 Å². The average Bonchev–Trinajstić information content (AvgIpc) is 3.49. The number of likely N-dealkylation sites (tertiary alicyclic amines) is 1. The van der Waals surface area contributed by atoms with E-state index in [9.17, 15) is 9.59 Å². The third-order valence-corrected chi connectivity index (χ3v) is 8.68. The number of carbonyl (C=O) groups excluding carboxylic acids is 2. The van der Waals surface area contributed by atoms with E-state index in [0.717, 1.165) is 44.9 Å². The van der Waals surface area contributed by atoms with Gasteiger partial charge in [-0.15, -0.1) is 11.3 Å². The van der Waals surface area contributed by atoms with Crippen molar-refractivity contribution in [2.45, 2.75) is 39.7 Å². The molecule has 0 bridgehead atoms. The molecule has 0 radical (unpaired) electrons. The molecule has 0 spiro atoms. The Hall–Kier alpha value is -2.58. The lowest BCUT2D eigenvalue weighted by Gasteiger charge is -2.28. The zero-order valence-electron chi connectivity index (χ0n) is 20.1. The summed E-state index contributed by atoms with van der Waals surface area (Å²) in [5.41, 5.74) is 3.21. The second kappa shape index (κ2) is 9.82. The average molecular weight is 554 g/mol. The Balaban J connectivity index is 1.41. The summed E-state index contributed by atoms with van der Waals surface area (Å²) in [6, 6.07) is 9.93. The minimum atomic E-state index is -0.175. The minimum absolute atomic E-state index is 0.0312. The Morgan fingerprint density at radius 2 is 2.03 bits per heavy atom. The van der Waals surface area contributed by atoms with Gasteiger partial charge < -0.3 is 10.2 Å². The van der Waals surface area contributed by atoms with Gasteiger partial charge in [0.05, 0.1) is 21.5 Å². The van der Waals surface area contributed by atoms with Crippen molar-refractivity contribution >= 4 is 39.1 Å². The number of aromatic nitrogens is 2. The number of pyridine rings is 1. The SMILES string of the molecule is Cc1cccc(-c2sc(C)nc2C(=O)N2C[C@@H]3CC(C)C[C@@H]3[C@H]2CNC(=O)c2cncc(Br)c2)c1. The van der Waals surface area contributed by atoms with E-state index >= 15 is 0 Å². The first-order chi connectivity index (χ1) is 16.8. The van der Waals surface area contributed by atoms with Crippen molar-refractivity contribution in [1.29, 1.82) is 0 Å². The van der Waals surface area contributed by atoms with Crippen molar-refractivity contribution in [3.8, 4) is 10.4 Å². The largest absolute Gasteiger partial charge is 0.350 e. The molecule has 8 heteroatoms. The van der Waals surface area contributed by atoms with Crippen LogP contribution in [0.3, 0.4) is 0 Å². The van der Waals surface area contributed by atoms with Gasteiger partial charge in [-0.25, -0.2) is 4.98 Å². The topological polar surface area (TPSA) is 75.2 Å². The van der Waals surface area contributed by atoms with Gasteiger partial charge in [-0.3, -0.25) is 14.6 Å². The molecule has 182 valence electrons. The minimum Gasteiger partial charge on any atom is -0.350 e. The molecule has 6 nitrogen and oxygen atoms in total. The highest BCUT2D eigenvalue weighted by Gasteiger charge is 2.48. The smallest absolute Gasteiger partial charge is 0.274 e. The molecular formula is C27H29BrN4O2S. The maximum atomic E-state index is 14.0. The van der Waals surface area contributed by atoms with Crippen molar-refractivity contribution in [2.24, 2.45) is 17.8 Å². The number of hydrogen-bond acceptors (Lipinski definition) is 5. The molecule has 1 aliphatic heterocycles. The standard InChI is InChI=1S/C27H29BrN4O2S/c1-15-5-4-6-18(7-15)25-24(31-17(3)35-25)27(34)32-14-20-8-16(2)9-22(20)23(32)13-30-26(33)19-10-21(28)12-29-11-19/h4-7,10-12,16,20,22-23H,8-9,13-14H2,1-3H3,(H,30,33)/t16?,20-,22-,23+/m0/s1. The molecule has 3 heterocycles. The summed E-state index contributed by atoms with van der Waals surface area (Å²) in [6.45, 7) is 7.43. The van der Waals surface area contributed by atoms with Gasteiger partial charge in [0.15, 0.2) is 0 Å². The molecule has 35 heavy (non-hydrogen) atoms. The highest BCUT2D eigenvalue weighted by Crippen LogP contribution is 2.45. The molecule has 1 saturated carbocycles. The maximum Gasteiger partial charge on any atom is 0.274 e. The molecule has 1 N–H and O–H groups in total. The molecule has 2 fully saturated rings. The summed E-state index contributed by atoms with van der Waals surface area (Å²) in [7, 11) is 0. The fraction of sp³-hybridized carbons (Fsp3) is 0.407. The van der Waals surface area contributed by atoms with E-state index in [1.807, 2.05) is 24.0 Å². The molecule has 1 unspecified atom stereocenters. The number of aryl methyl sites for hydroxylation is 2. The first-order valence-corrected chi connectivity index (χ1v) is 13.6. The highest BCUT2D eigenvalue weighted by atomic mass is 79.9. The monoisotopic (exact) mass is 552 g/mol. The molecule has 2 aromatic heterocycles. The van der Waals surface area contributed by atoms with E-state index in [2.05, 4.69) is 57.2 Å². The van der Waals surface area contributed by atoms with Crippen LogP contribution in [-0.4, -0.2) is 45.8 Å². The number of halogens is 1. The van der Waals surface area contributed by atoms with Crippen LogP contribution < -0.4 is 5.32 Å². The van der Waals surface area contributed by atoms with Crippen molar-refractivity contribution in [3.63, 3.8) is 0 Å². The van der Waals surface area contributed by atoms with Crippen molar-refractivity contribution in [2.75, 3.05) is 13.1 Å². The lowest BCUT2D eigenvalue weighted by molar-refractivity contribution is 0.0692. The number of benzene rings is 1. The first kappa shape index (κ1) is 24.1.